The minimum atomic E-state index is -4.60. The summed E-state index contributed by atoms with van der Waals surface area (Å²) >= 11 is 0. The highest BCUT2D eigenvalue weighted by molar-refractivity contribution is 7.86. The monoisotopic (exact) mass is 400 g/mol. The fourth-order valence-corrected chi connectivity index (χ4v) is 5.40. The van der Waals surface area contributed by atoms with Crippen LogP contribution in [0.15, 0.2) is 34.1 Å². The summed E-state index contributed by atoms with van der Waals surface area (Å²) in [6.07, 6.45) is 0. The third kappa shape index (κ3) is 2.84. The lowest BCUT2D eigenvalue weighted by Crippen LogP contribution is -2.46. The second-order valence-electron chi connectivity index (χ2n) is 7.68. The summed E-state index contributed by atoms with van der Waals surface area (Å²) in [6, 6.07) is 5.27. The van der Waals surface area contributed by atoms with Gasteiger partial charge in [-0.2, -0.15) is 16.8 Å². The van der Waals surface area contributed by atoms with Crippen LogP contribution < -0.4 is 4.48 Å². The predicted molar refractivity (Wildman–Crippen MR) is 99.7 cm³/mol. The van der Waals surface area contributed by atoms with Gasteiger partial charge >= 0.3 is 0 Å². The van der Waals surface area contributed by atoms with Crippen LogP contribution in [0.4, 0.5) is 5.69 Å². The lowest BCUT2D eigenvalue weighted by Gasteiger charge is -2.30. The summed E-state index contributed by atoms with van der Waals surface area (Å²) in [5, 5.41) is 0.641. The lowest BCUT2D eigenvalue weighted by molar-refractivity contribution is 0.318. The Kier molecular flexibility index (Phi) is 4.07. The molecule has 2 aromatic rings. The highest BCUT2D eigenvalue weighted by atomic mass is 32.2. The van der Waals surface area contributed by atoms with E-state index in [1.54, 1.807) is 0 Å². The van der Waals surface area contributed by atoms with E-state index in [1.165, 1.54) is 18.2 Å². The number of hydrogen-bond acceptors (Lipinski definition) is 4. The van der Waals surface area contributed by atoms with Gasteiger partial charge in [0.1, 0.15) is 10.6 Å². The molecule has 9 heteroatoms. The molecule has 0 aromatic heterocycles. The zero-order valence-electron chi connectivity index (χ0n) is 15.0. The molecule has 0 saturated carbocycles. The van der Waals surface area contributed by atoms with E-state index in [-0.39, 0.29) is 15.7 Å². The molecule has 7 nitrogen and oxygen atoms in total. The maximum atomic E-state index is 12.0. The quantitative estimate of drug-likeness (QED) is 0.605. The first-order chi connectivity index (χ1) is 11.7. The molecule has 0 amide bonds. The minimum absolute atomic E-state index is 0.0824. The third-order valence-corrected chi connectivity index (χ3v) is 7.07. The molecule has 1 aliphatic rings. The normalized spacial score (nSPS) is 22.5. The van der Waals surface area contributed by atoms with Gasteiger partial charge in [-0.05, 0) is 24.4 Å². The largest absolute Gasteiger partial charge is 0.295 e. The average Bonchev–Trinajstić information content (AvgIpc) is 2.71. The Bertz CT molecular complexity index is 1140. The van der Waals surface area contributed by atoms with E-state index >= 15 is 0 Å². The van der Waals surface area contributed by atoms with Crippen LogP contribution in [0, 0.1) is 0 Å². The Morgan fingerprint density at radius 1 is 1.04 bits per heavy atom. The highest BCUT2D eigenvalue weighted by Gasteiger charge is 2.47. The molecule has 2 aromatic carbocycles. The van der Waals surface area contributed by atoms with Gasteiger partial charge in [0.2, 0.25) is 0 Å². The van der Waals surface area contributed by atoms with E-state index in [2.05, 4.69) is 0 Å². The molecule has 2 N–H and O–H groups in total. The van der Waals surface area contributed by atoms with Crippen LogP contribution in [0.5, 0.6) is 0 Å². The first kappa shape index (κ1) is 19.2. The lowest BCUT2D eigenvalue weighted by atomic mass is 9.83. The Balaban J connectivity index is 2.56. The zero-order chi connectivity index (χ0) is 19.7. The molecule has 1 atom stereocenters. The van der Waals surface area contributed by atoms with Crippen molar-refractivity contribution in [1.29, 1.82) is 0 Å². The van der Waals surface area contributed by atoms with Crippen molar-refractivity contribution in [2.24, 2.45) is 0 Å². The van der Waals surface area contributed by atoms with Crippen molar-refractivity contribution >= 4 is 36.7 Å². The smallest absolute Gasteiger partial charge is 0.293 e. The molecule has 0 bridgehead atoms. The van der Waals surface area contributed by atoms with Crippen LogP contribution in [0.3, 0.4) is 0 Å². The van der Waals surface area contributed by atoms with E-state index in [4.69, 9.17) is 0 Å². The zero-order valence-corrected chi connectivity index (χ0v) is 16.6. The molecule has 142 valence electrons. The van der Waals surface area contributed by atoms with E-state index in [0.717, 1.165) is 30.4 Å². The van der Waals surface area contributed by atoms with Crippen molar-refractivity contribution in [3.63, 3.8) is 0 Å². The van der Waals surface area contributed by atoms with Gasteiger partial charge in [0, 0.05) is 22.4 Å². The topological polar surface area (TPSA) is 109 Å². The fourth-order valence-electron chi connectivity index (χ4n) is 4.19. The van der Waals surface area contributed by atoms with Crippen LogP contribution in [0.25, 0.3) is 10.8 Å². The number of quaternary nitrogens is 1. The number of hydrogen-bond donors (Lipinski definition) is 2. The summed E-state index contributed by atoms with van der Waals surface area (Å²) in [4.78, 5) is -0.773. The third-order valence-electron chi connectivity index (χ3n) is 5.33. The maximum Gasteiger partial charge on any atom is 0.295 e. The second-order valence-corrected chi connectivity index (χ2v) is 10.5. The van der Waals surface area contributed by atoms with E-state index < -0.39 is 25.1 Å². The van der Waals surface area contributed by atoms with Gasteiger partial charge in [0.05, 0.1) is 25.0 Å². The predicted octanol–water partition coefficient (Wildman–Crippen LogP) is 2.58. The molecule has 0 spiro atoms. The van der Waals surface area contributed by atoms with Crippen molar-refractivity contribution in [3.8, 4) is 0 Å². The highest BCUT2D eigenvalue weighted by Crippen LogP contribution is 2.49. The van der Waals surface area contributed by atoms with Gasteiger partial charge in [-0.15, -0.1) is 0 Å². The van der Waals surface area contributed by atoms with Gasteiger partial charge in [-0.3, -0.25) is 13.6 Å². The van der Waals surface area contributed by atoms with E-state index in [1.807, 2.05) is 27.8 Å². The van der Waals surface area contributed by atoms with Crippen LogP contribution >= 0.6 is 0 Å². The molecule has 1 aliphatic heterocycles. The van der Waals surface area contributed by atoms with Crippen molar-refractivity contribution in [1.82, 2.24) is 4.48 Å². The SMILES string of the molecule is CC[N+]1(C)CC(C)(C)c2c1cc(S(=O)(=O)O)c1cc(S(=O)(=O)O)ccc21. The Hall–Kier alpha value is -1.52. The number of likely N-dealkylation sites (N-methyl/N-ethyl adjacent to an activating group) is 1. The molecule has 1 unspecified atom stereocenters. The number of nitrogens with zero attached hydrogens (tertiary/aromatic N) is 1. The van der Waals surface area contributed by atoms with Gasteiger partial charge in [-0.25, -0.2) is 0 Å². The van der Waals surface area contributed by atoms with Gasteiger partial charge in [0.15, 0.2) is 0 Å². The molecule has 0 radical (unpaired) electrons. The molecule has 1 heterocycles. The molecular formula is C17H22NO6S2+. The van der Waals surface area contributed by atoms with Gasteiger partial charge < -0.3 is 0 Å². The number of fused-ring (bicyclic) bond motifs is 3. The minimum Gasteiger partial charge on any atom is -0.293 e. The van der Waals surface area contributed by atoms with E-state index in [9.17, 15) is 25.9 Å². The van der Waals surface area contributed by atoms with Crippen molar-refractivity contribution in [2.75, 3.05) is 20.1 Å². The summed E-state index contributed by atoms with van der Waals surface area (Å²) in [5.41, 5.74) is 1.43. The fraction of sp³-hybridized carbons (Fsp3) is 0.412. The summed E-state index contributed by atoms with van der Waals surface area (Å²) < 4.78 is 66.5. The molecule has 0 fully saturated rings. The first-order valence-corrected chi connectivity index (χ1v) is 11.0. The van der Waals surface area contributed by atoms with E-state index in [0.29, 0.717) is 9.87 Å². The standard InChI is InChI=1S/C17H21NO6S2/c1-5-18(4)10-17(2,3)16-12-7-6-11(25(19,20)21)8-13(12)15(9-14(16)18)26(22,23)24/h6-9H,5,10H2,1-4H3,(H-,19,20,21,22,23,24)/p+1. The Morgan fingerprint density at radius 2 is 1.65 bits per heavy atom. The molecule has 3 rings (SSSR count). The van der Waals surface area contributed by atoms with Crippen molar-refractivity contribution in [3.05, 3.63) is 29.8 Å². The van der Waals surface area contributed by atoms with Gasteiger partial charge in [0.25, 0.3) is 20.2 Å². The average molecular weight is 400 g/mol. The molecular weight excluding hydrogens is 378 g/mol. The number of benzene rings is 2. The molecule has 0 aliphatic carbocycles. The molecule has 26 heavy (non-hydrogen) atoms. The number of rotatable bonds is 3. The van der Waals surface area contributed by atoms with Crippen LogP contribution in [0.1, 0.15) is 26.3 Å². The second kappa shape index (κ2) is 5.49. The summed E-state index contributed by atoms with van der Waals surface area (Å²) in [7, 11) is -7.10. The maximum absolute atomic E-state index is 12.0. The van der Waals surface area contributed by atoms with Crippen molar-refractivity contribution in [2.45, 2.75) is 36.0 Å². The molecule has 0 saturated heterocycles. The summed E-state index contributed by atoms with van der Waals surface area (Å²) in [5.74, 6) is 0. The van der Waals surface area contributed by atoms with Crippen molar-refractivity contribution < 1.29 is 25.9 Å². The first-order valence-electron chi connectivity index (χ1n) is 8.12. The van der Waals surface area contributed by atoms with Crippen LogP contribution in [-0.4, -0.2) is 46.1 Å². The Labute approximate surface area is 153 Å². The Morgan fingerprint density at radius 3 is 2.15 bits per heavy atom. The van der Waals surface area contributed by atoms with Crippen LogP contribution in [0.2, 0.25) is 0 Å². The van der Waals surface area contributed by atoms with Crippen LogP contribution in [-0.2, 0) is 25.7 Å². The summed E-state index contributed by atoms with van der Waals surface area (Å²) in [6.45, 7) is 7.57. The van der Waals surface area contributed by atoms with Gasteiger partial charge in [-0.1, -0.05) is 19.9 Å².